The van der Waals surface area contributed by atoms with E-state index in [9.17, 15) is 9.59 Å². The number of aliphatic hydroxyl groups excluding tert-OH is 2. The lowest BCUT2D eigenvalue weighted by Gasteiger charge is -2.20. The molecule has 0 fully saturated rings. The van der Waals surface area contributed by atoms with Crippen LogP contribution in [-0.2, 0) is 11.3 Å². The zero-order chi connectivity index (χ0) is 14.3. The van der Waals surface area contributed by atoms with Crippen molar-refractivity contribution in [3.63, 3.8) is 0 Å². The minimum absolute atomic E-state index is 0.00692. The molecule has 19 heavy (non-hydrogen) atoms. The molecule has 1 heterocycles. The number of aliphatic hydroxyl groups is 2. The summed E-state index contributed by atoms with van der Waals surface area (Å²) in [5.74, 6) is -0.107. The van der Waals surface area contributed by atoms with Gasteiger partial charge in [-0.1, -0.05) is 11.3 Å². The van der Waals surface area contributed by atoms with Crippen LogP contribution in [0.3, 0.4) is 0 Å². The van der Waals surface area contributed by atoms with E-state index in [1.54, 1.807) is 9.95 Å². The second-order valence-electron chi connectivity index (χ2n) is 4.23. The molecule has 0 aromatic carbocycles. The molecule has 0 saturated carbocycles. The zero-order valence-electron chi connectivity index (χ0n) is 11.0. The van der Waals surface area contributed by atoms with Gasteiger partial charge in [0.1, 0.15) is 0 Å². The van der Waals surface area contributed by atoms with Crippen LogP contribution in [0.5, 0.6) is 0 Å². The molecule has 0 radical (unpaired) electrons. The van der Waals surface area contributed by atoms with Crippen LogP contribution >= 0.6 is 11.3 Å². The highest BCUT2D eigenvalue weighted by atomic mass is 32.1. The molecule has 2 N–H and O–H groups in total. The summed E-state index contributed by atoms with van der Waals surface area (Å²) in [6.07, 6.45) is 0.880. The van der Waals surface area contributed by atoms with Gasteiger partial charge in [-0.25, -0.2) is 0 Å². The van der Waals surface area contributed by atoms with Gasteiger partial charge >= 0.3 is 4.87 Å². The first-order chi connectivity index (χ1) is 9.10. The Morgan fingerprint density at radius 1 is 1.37 bits per heavy atom. The van der Waals surface area contributed by atoms with Crippen molar-refractivity contribution >= 4 is 17.2 Å². The highest BCUT2D eigenvalue weighted by Gasteiger charge is 2.12. The maximum Gasteiger partial charge on any atom is 0.307 e. The van der Waals surface area contributed by atoms with Crippen molar-refractivity contribution < 1.29 is 15.0 Å². The molecule has 0 unspecified atom stereocenters. The van der Waals surface area contributed by atoms with Crippen molar-refractivity contribution in [3.05, 3.63) is 20.7 Å². The van der Waals surface area contributed by atoms with Gasteiger partial charge in [-0.05, 0) is 13.3 Å². The minimum atomic E-state index is -0.116. The Morgan fingerprint density at radius 2 is 2.00 bits per heavy atom. The van der Waals surface area contributed by atoms with Gasteiger partial charge in [0, 0.05) is 37.1 Å². The quantitative estimate of drug-likeness (QED) is 0.695. The molecular weight excluding hydrogens is 268 g/mol. The Kier molecular flexibility index (Phi) is 6.75. The number of carbonyl (C=O) groups is 1. The molecule has 1 amide bonds. The summed E-state index contributed by atoms with van der Waals surface area (Å²) in [7, 11) is 0. The summed E-state index contributed by atoms with van der Waals surface area (Å²) in [5.41, 5.74) is 0.907. The third-order valence-electron chi connectivity index (χ3n) is 2.84. The topological polar surface area (TPSA) is 82.8 Å². The van der Waals surface area contributed by atoms with E-state index in [0.29, 0.717) is 19.4 Å². The maximum atomic E-state index is 11.8. The smallest absolute Gasteiger partial charge is 0.307 e. The number of aryl methyl sites for hydroxylation is 1. The molecule has 1 aromatic heterocycles. The van der Waals surface area contributed by atoms with Crippen LogP contribution in [0, 0.1) is 6.92 Å². The van der Waals surface area contributed by atoms with Gasteiger partial charge < -0.3 is 19.7 Å². The number of hydrogen-bond donors (Lipinski definition) is 2. The van der Waals surface area contributed by atoms with Gasteiger partial charge in [-0.2, -0.15) is 0 Å². The second kappa shape index (κ2) is 8.08. The first-order valence-electron chi connectivity index (χ1n) is 6.24. The maximum absolute atomic E-state index is 11.8. The third-order valence-corrected chi connectivity index (χ3v) is 3.72. The van der Waals surface area contributed by atoms with Crippen molar-refractivity contribution in [3.8, 4) is 0 Å². The fourth-order valence-corrected chi connectivity index (χ4v) is 2.58. The standard InChI is InChI=1S/C12H20N2O4S/c1-10-9-19-12(18)14(10)4-2-3-11(17)13(5-7-15)6-8-16/h9,15-16H,2-8H2,1H3. The Labute approximate surface area is 115 Å². The zero-order valence-corrected chi connectivity index (χ0v) is 11.9. The number of aromatic nitrogens is 1. The van der Waals surface area contributed by atoms with Gasteiger partial charge in [0.2, 0.25) is 5.91 Å². The minimum Gasteiger partial charge on any atom is -0.395 e. The van der Waals surface area contributed by atoms with Crippen molar-refractivity contribution in [1.82, 2.24) is 9.47 Å². The summed E-state index contributed by atoms with van der Waals surface area (Å²) in [6, 6.07) is 0. The first-order valence-corrected chi connectivity index (χ1v) is 7.12. The molecule has 0 aliphatic heterocycles. The third kappa shape index (κ3) is 4.77. The van der Waals surface area contributed by atoms with Crippen molar-refractivity contribution in [2.45, 2.75) is 26.3 Å². The van der Waals surface area contributed by atoms with Gasteiger partial charge in [0.05, 0.1) is 13.2 Å². The Bertz CT molecular complexity index is 449. The first kappa shape index (κ1) is 15.9. The van der Waals surface area contributed by atoms with Crippen LogP contribution in [0.1, 0.15) is 18.5 Å². The van der Waals surface area contributed by atoms with Crippen LogP contribution in [0.4, 0.5) is 0 Å². The van der Waals surface area contributed by atoms with Crippen LogP contribution in [0.2, 0.25) is 0 Å². The van der Waals surface area contributed by atoms with E-state index in [4.69, 9.17) is 10.2 Å². The molecular formula is C12H20N2O4S. The molecule has 0 aliphatic rings. The van der Waals surface area contributed by atoms with Gasteiger partial charge in [0.25, 0.3) is 0 Å². The summed E-state index contributed by atoms with van der Waals surface area (Å²) in [6.45, 7) is 2.62. The Hall–Kier alpha value is -1.18. The van der Waals surface area contributed by atoms with E-state index < -0.39 is 0 Å². The van der Waals surface area contributed by atoms with E-state index in [0.717, 1.165) is 17.0 Å². The monoisotopic (exact) mass is 288 g/mol. The largest absolute Gasteiger partial charge is 0.395 e. The molecule has 0 bridgehead atoms. The lowest BCUT2D eigenvalue weighted by atomic mass is 10.2. The number of amides is 1. The summed E-state index contributed by atoms with van der Waals surface area (Å²) in [4.78, 5) is 24.7. The van der Waals surface area contributed by atoms with Crippen molar-refractivity contribution in [2.75, 3.05) is 26.3 Å². The normalized spacial score (nSPS) is 10.7. The predicted molar refractivity (Wildman–Crippen MR) is 73.3 cm³/mol. The van der Waals surface area contributed by atoms with E-state index >= 15 is 0 Å². The van der Waals surface area contributed by atoms with Gasteiger partial charge in [-0.3, -0.25) is 9.59 Å². The lowest BCUT2D eigenvalue weighted by Crippen LogP contribution is -2.35. The van der Waals surface area contributed by atoms with Crippen molar-refractivity contribution in [1.29, 1.82) is 0 Å². The second-order valence-corrected chi connectivity index (χ2v) is 5.05. The highest BCUT2D eigenvalue weighted by molar-refractivity contribution is 7.07. The molecule has 0 atom stereocenters. The number of thiazole rings is 1. The average molecular weight is 288 g/mol. The average Bonchev–Trinajstić information content (AvgIpc) is 2.70. The number of hydrogen-bond acceptors (Lipinski definition) is 5. The van der Waals surface area contributed by atoms with E-state index in [-0.39, 0.29) is 37.1 Å². The molecule has 1 rings (SSSR count). The van der Waals surface area contributed by atoms with Gasteiger partial charge in [0.15, 0.2) is 0 Å². The highest BCUT2D eigenvalue weighted by Crippen LogP contribution is 2.04. The van der Waals surface area contributed by atoms with E-state index in [1.807, 2.05) is 6.92 Å². The molecule has 0 spiro atoms. The summed E-state index contributed by atoms with van der Waals surface area (Å²) >= 11 is 1.16. The SMILES string of the molecule is Cc1csc(=O)n1CCCC(=O)N(CCO)CCO. The van der Waals surface area contributed by atoms with Crippen molar-refractivity contribution in [2.24, 2.45) is 0 Å². The number of nitrogens with zero attached hydrogens (tertiary/aromatic N) is 2. The Morgan fingerprint density at radius 3 is 2.47 bits per heavy atom. The van der Waals surface area contributed by atoms with Crippen LogP contribution in [0.15, 0.2) is 10.2 Å². The summed E-state index contributed by atoms with van der Waals surface area (Å²) < 4.78 is 1.65. The van der Waals surface area contributed by atoms with E-state index in [1.165, 1.54) is 4.90 Å². The predicted octanol–water partition coefficient (Wildman–Crippen LogP) is -0.188. The van der Waals surface area contributed by atoms with Crippen LogP contribution in [-0.4, -0.2) is 51.9 Å². The summed E-state index contributed by atoms with van der Waals surface area (Å²) in [5, 5.41) is 19.5. The van der Waals surface area contributed by atoms with Gasteiger partial charge in [-0.15, -0.1) is 0 Å². The molecule has 1 aromatic rings. The number of carbonyl (C=O) groups excluding carboxylic acids is 1. The Balaban J connectivity index is 2.43. The molecule has 7 heteroatoms. The molecule has 0 aliphatic carbocycles. The molecule has 0 saturated heterocycles. The van der Waals surface area contributed by atoms with E-state index in [2.05, 4.69) is 0 Å². The fourth-order valence-electron chi connectivity index (χ4n) is 1.82. The van der Waals surface area contributed by atoms with Crippen LogP contribution in [0.25, 0.3) is 0 Å². The molecule has 108 valence electrons. The van der Waals surface area contributed by atoms with Crippen LogP contribution < -0.4 is 4.87 Å². The fraction of sp³-hybridized carbons (Fsp3) is 0.667. The lowest BCUT2D eigenvalue weighted by molar-refractivity contribution is -0.132. The molecule has 6 nitrogen and oxygen atoms in total. The number of rotatable bonds is 8.